The van der Waals surface area contributed by atoms with Gasteiger partial charge in [0.05, 0.1) is 5.41 Å². The molecule has 1 aliphatic rings. The smallest absolute Gasteiger partial charge is 0.303 e. The summed E-state index contributed by atoms with van der Waals surface area (Å²) in [6.45, 7) is 0.668. The van der Waals surface area contributed by atoms with Gasteiger partial charge in [0.25, 0.3) is 0 Å². The van der Waals surface area contributed by atoms with Crippen LogP contribution in [0.3, 0.4) is 0 Å². The lowest BCUT2D eigenvalue weighted by Crippen LogP contribution is -2.35. The Hall–Kier alpha value is -1.36. The van der Waals surface area contributed by atoms with E-state index in [1.807, 2.05) is 24.3 Å². The summed E-state index contributed by atoms with van der Waals surface area (Å²) >= 11 is 3.46. The fraction of sp³-hybridized carbons (Fsp3) is 0.529. The molecule has 0 aromatic heterocycles. The Bertz CT molecular complexity index is 540. The molecule has 22 heavy (non-hydrogen) atoms. The van der Waals surface area contributed by atoms with Crippen molar-refractivity contribution in [1.29, 1.82) is 0 Å². The molecule has 0 bridgehead atoms. The largest absolute Gasteiger partial charge is 0.481 e. The zero-order valence-corrected chi connectivity index (χ0v) is 14.2. The number of hydrogen-bond acceptors (Lipinski definition) is 2. The number of unbranched alkanes of at least 4 members (excludes halogenated alkanes) is 3. The average Bonchev–Trinajstić information content (AvgIpc) is 3.27. The number of carboxylic acids is 1. The molecule has 0 unspecified atom stereocenters. The minimum atomic E-state index is -0.738. The lowest BCUT2D eigenvalue weighted by molar-refractivity contribution is -0.137. The van der Waals surface area contributed by atoms with Gasteiger partial charge >= 0.3 is 5.97 Å². The lowest BCUT2D eigenvalue weighted by Gasteiger charge is -2.16. The molecule has 5 heteroatoms. The topological polar surface area (TPSA) is 66.4 Å². The van der Waals surface area contributed by atoms with E-state index in [0.29, 0.717) is 13.0 Å². The van der Waals surface area contributed by atoms with Gasteiger partial charge in [0, 0.05) is 17.4 Å². The van der Waals surface area contributed by atoms with E-state index in [-0.39, 0.29) is 17.7 Å². The van der Waals surface area contributed by atoms with Crippen molar-refractivity contribution in [2.75, 3.05) is 6.54 Å². The van der Waals surface area contributed by atoms with Crippen LogP contribution in [0.15, 0.2) is 28.7 Å². The van der Waals surface area contributed by atoms with Crippen molar-refractivity contribution in [3.63, 3.8) is 0 Å². The average molecular weight is 368 g/mol. The molecule has 2 rings (SSSR count). The van der Waals surface area contributed by atoms with E-state index in [2.05, 4.69) is 21.2 Å². The highest BCUT2D eigenvalue weighted by Crippen LogP contribution is 2.48. The maximum atomic E-state index is 12.4. The summed E-state index contributed by atoms with van der Waals surface area (Å²) in [6, 6.07) is 7.98. The van der Waals surface area contributed by atoms with Gasteiger partial charge in [-0.15, -0.1) is 0 Å². The first kappa shape index (κ1) is 17.0. The van der Waals surface area contributed by atoms with Gasteiger partial charge in [-0.3, -0.25) is 9.59 Å². The van der Waals surface area contributed by atoms with E-state index >= 15 is 0 Å². The molecule has 4 nitrogen and oxygen atoms in total. The highest BCUT2D eigenvalue weighted by atomic mass is 79.9. The Labute approximate surface area is 139 Å². The van der Waals surface area contributed by atoms with Crippen LogP contribution in [0.25, 0.3) is 0 Å². The molecule has 0 heterocycles. The molecule has 1 aromatic rings. The number of carboxylic acid groups (broad SMARTS) is 1. The zero-order chi connectivity index (χ0) is 16.0. The highest BCUT2D eigenvalue weighted by Gasteiger charge is 2.51. The molecule has 1 amide bonds. The van der Waals surface area contributed by atoms with Gasteiger partial charge in [-0.05, 0) is 43.4 Å². The zero-order valence-electron chi connectivity index (χ0n) is 12.6. The van der Waals surface area contributed by atoms with Crippen LogP contribution >= 0.6 is 15.9 Å². The van der Waals surface area contributed by atoms with Gasteiger partial charge in [0.2, 0.25) is 5.91 Å². The summed E-state index contributed by atoms with van der Waals surface area (Å²) in [5, 5.41) is 11.6. The van der Waals surface area contributed by atoms with Crippen molar-refractivity contribution in [3.05, 3.63) is 34.3 Å². The predicted octanol–water partition coefficient (Wildman–Crippen LogP) is 3.63. The van der Waals surface area contributed by atoms with Gasteiger partial charge in [0.15, 0.2) is 0 Å². The number of carbonyl (C=O) groups excluding carboxylic acids is 1. The summed E-state index contributed by atoms with van der Waals surface area (Å²) in [6.07, 6.45) is 5.53. The van der Waals surface area contributed by atoms with Crippen molar-refractivity contribution in [2.45, 2.75) is 50.4 Å². The first-order chi connectivity index (χ1) is 10.5. The molecule has 0 radical (unpaired) electrons. The molecule has 0 spiro atoms. The van der Waals surface area contributed by atoms with Crippen LogP contribution in [0, 0.1) is 0 Å². The second-order valence-corrected chi connectivity index (χ2v) is 6.82. The summed E-state index contributed by atoms with van der Waals surface area (Å²) in [5.74, 6) is -0.617. The van der Waals surface area contributed by atoms with E-state index in [1.54, 1.807) is 0 Å². The van der Waals surface area contributed by atoms with Gasteiger partial charge in [0.1, 0.15) is 0 Å². The monoisotopic (exact) mass is 367 g/mol. The Kier molecular flexibility index (Phi) is 6.00. The molecule has 1 fully saturated rings. The molecular weight excluding hydrogens is 346 g/mol. The van der Waals surface area contributed by atoms with Crippen LogP contribution in [-0.2, 0) is 15.0 Å². The molecule has 0 atom stereocenters. The normalized spacial score (nSPS) is 15.3. The summed E-state index contributed by atoms with van der Waals surface area (Å²) < 4.78 is 1.00. The minimum absolute atomic E-state index is 0.121. The Morgan fingerprint density at radius 1 is 1.18 bits per heavy atom. The highest BCUT2D eigenvalue weighted by molar-refractivity contribution is 9.10. The third-order valence-corrected chi connectivity index (χ3v) is 4.66. The van der Waals surface area contributed by atoms with Crippen molar-refractivity contribution >= 4 is 27.8 Å². The molecule has 120 valence electrons. The van der Waals surface area contributed by atoms with Crippen molar-refractivity contribution < 1.29 is 14.7 Å². The first-order valence-electron chi connectivity index (χ1n) is 7.81. The Morgan fingerprint density at radius 3 is 2.55 bits per heavy atom. The number of amides is 1. The SMILES string of the molecule is O=C(O)CCCCCCNC(=O)C1(c2cccc(Br)c2)CC1. The number of nitrogens with one attached hydrogen (secondary N) is 1. The van der Waals surface area contributed by atoms with Crippen LogP contribution in [0.1, 0.15) is 50.5 Å². The summed E-state index contributed by atoms with van der Waals surface area (Å²) in [5.41, 5.74) is 0.758. The van der Waals surface area contributed by atoms with Crippen molar-refractivity contribution in [2.24, 2.45) is 0 Å². The second kappa shape index (κ2) is 7.77. The number of benzene rings is 1. The molecule has 1 aliphatic carbocycles. The number of aliphatic carboxylic acids is 1. The standard InChI is InChI=1S/C17H22BrNO3/c18-14-7-5-6-13(12-14)17(9-10-17)16(22)19-11-4-2-1-3-8-15(20)21/h5-7,12H,1-4,8-11H2,(H,19,22)(H,20,21). The van der Waals surface area contributed by atoms with Crippen LogP contribution in [0.2, 0.25) is 0 Å². The lowest BCUT2D eigenvalue weighted by atomic mass is 9.95. The molecule has 0 aliphatic heterocycles. The van der Waals surface area contributed by atoms with Crippen molar-refractivity contribution in [3.8, 4) is 0 Å². The second-order valence-electron chi connectivity index (χ2n) is 5.91. The van der Waals surface area contributed by atoms with Crippen LogP contribution < -0.4 is 5.32 Å². The number of carbonyl (C=O) groups is 2. The van der Waals surface area contributed by atoms with Gasteiger partial charge in [-0.2, -0.15) is 0 Å². The predicted molar refractivity (Wildman–Crippen MR) is 88.8 cm³/mol. The molecule has 1 aromatic carbocycles. The number of halogens is 1. The number of rotatable bonds is 9. The van der Waals surface area contributed by atoms with Gasteiger partial charge in [-0.25, -0.2) is 0 Å². The van der Waals surface area contributed by atoms with Gasteiger partial charge < -0.3 is 10.4 Å². The fourth-order valence-electron chi connectivity index (χ4n) is 2.68. The van der Waals surface area contributed by atoms with E-state index in [0.717, 1.165) is 42.1 Å². The van der Waals surface area contributed by atoms with Crippen molar-refractivity contribution in [1.82, 2.24) is 5.32 Å². The molecular formula is C17H22BrNO3. The van der Waals surface area contributed by atoms with E-state index in [4.69, 9.17) is 5.11 Å². The quantitative estimate of drug-likeness (QED) is 0.654. The van der Waals surface area contributed by atoms with Crippen LogP contribution in [0.4, 0.5) is 0 Å². The minimum Gasteiger partial charge on any atom is -0.481 e. The summed E-state index contributed by atoms with van der Waals surface area (Å²) in [7, 11) is 0. The van der Waals surface area contributed by atoms with Crippen LogP contribution in [-0.4, -0.2) is 23.5 Å². The van der Waals surface area contributed by atoms with Crippen LogP contribution in [0.5, 0.6) is 0 Å². The maximum absolute atomic E-state index is 12.4. The molecule has 1 saturated carbocycles. The Morgan fingerprint density at radius 2 is 1.91 bits per heavy atom. The van der Waals surface area contributed by atoms with E-state index in [1.165, 1.54) is 0 Å². The van der Waals surface area contributed by atoms with E-state index < -0.39 is 5.97 Å². The van der Waals surface area contributed by atoms with E-state index in [9.17, 15) is 9.59 Å². The first-order valence-corrected chi connectivity index (χ1v) is 8.60. The third-order valence-electron chi connectivity index (χ3n) is 4.16. The number of hydrogen-bond donors (Lipinski definition) is 2. The Balaban J connectivity index is 1.70. The maximum Gasteiger partial charge on any atom is 0.303 e. The summed E-state index contributed by atoms with van der Waals surface area (Å²) in [4.78, 5) is 22.8. The molecule has 2 N–H and O–H groups in total. The fourth-order valence-corrected chi connectivity index (χ4v) is 3.08. The van der Waals surface area contributed by atoms with Gasteiger partial charge in [-0.1, -0.05) is 40.9 Å². The molecule has 0 saturated heterocycles. The third kappa shape index (κ3) is 4.57.